The van der Waals surface area contributed by atoms with Crippen molar-refractivity contribution in [1.29, 1.82) is 0 Å². The summed E-state index contributed by atoms with van der Waals surface area (Å²) in [5, 5.41) is 0. The first-order valence-electron chi connectivity index (χ1n) is 7.12. The highest BCUT2D eigenvalue weighted by Gasteiger charge is 2.33. The van der Waals surface area contributed by atoms with Gasteiger partial charge in [0.15, 0.2) is 0 Å². The molecule has 1 aliphatic heterocycles. The molecular formula is C14H15F3N6. The van der Waals surface area contributed by atoms with Crippen molar-refractivity contribution in [3.8, 4) is 0 Å². The average molecular weight is 324 g/mol. The maximum Gasteiger partial charge on any atom is 0.433 e. The number of aryl methyl sites for hydroxylation is 1. The summed E-state index contributed by atoms with van der Waals surface area (Å²) >= 11 is 0. The zero-order valence-corrected chi connectivity index (χ0v) is 12.5. The predicted molar refractivity (Wildman–Crippen MR) is 78.2 cm³/mol. The maximum absolute atomic E-state index is 12.7. The quantitative estimate of drug-likeness (QED) is 0.841. The van der Waals surface area contributed by atoms with Crippen molar-refractivity contribution < 1.29 is 13.2 Å². The van der Waals surface area contributed by atoms with Gasteiger partial charge in [-0.25, -0.2) is 19.9 Å². The van der Waals surface area contributed by atoms with E-state index in [2.05, 4.69) is 24.8 Å². The summed E-state index contributed by atoms with van der Waals surface area (Å²) in [7, 11) is 0. The van der Waals surface area contributed by atoms with Crippen LogP contribution in [0.2, 0.25) is 0 Å². The average Bonchev–Trinajstić information content (AvgIpc) is 2.54. The Hall–Kier alpha value is -2.45. The molecule has 1 aliphatic rings. The molecule has 2 aromatic heterocycles. The second-order valence-electron chi connectivity index (χ2n) is 5.20. The second kappa shape index (κ2) is 5.98. The highest BCUT2D eigenvalue weighted by molar-refractivity contribution is 5.45. The molecule has 0 aliphatic carbocycles. The van der Waals surface area contributed by atoms with E-state index < -0.39 is 11.9 Å². The second-order valence-corrected chi connectivity index (χ2v) is 5.20. The van der Waals surface area contributed by atoms with Crippen LogP contribution in [0.1, 0.15) is 11.5 Å². The number of rotatable bonds is 2. The standard InChI is InChI=1S/C14H15F3N6/c1-10-18-3-2-12(21-10)22-4-6-23(7-5-22)13-8-11(14(15,16)17)19-9-20-13/h2-3,8-9H,4-7H2,1H3. The zero-order valence-electron chi connectivity index (χ0n) is 12.5. The summed E-state index contributed by atoms with van der Waals surface area (Å²) in [5.74, 6) is 1.82. The van der Waals surface area contributed by atoms with Crippen molar-refractivity contribution in [3.63, 3.8) is 0 Å². The molecule has 0 atom stereocenters. The largest absolute Gasteiger partial charge is 0.433 e. The van der Waals surface area contributed by atoms with Gasteiger partial charge in [0, 0.05) is 38.4 Å². The first-order chi connectivity index (χ1) is 10.9. The molecule has 0 saturated carbocycles. The first-order valence-corrected chi connectivity index (χ1v) is 7.12. The molecular weight excluding hydrogens is 309 g/mol. The van der Waals surface area contributed by atoms with Gasteiger partial charge in [0.2, 0.25) is 0 Å². The van der Waals surface area contributed by atoms with Gasteiger partial charge >= 0.3 is 6.18 Å². The third kappa shape index (κ3) is 3.49. The van der Waals surface area contributed by atoms with E-state index in [9.17, 15) is 13.2 Å². The number of halogens is 3. The summed E-state index contributed by atoms with van der Waals surface area (Å²) in [4.78, 5) is 19.6. The predicted octanol–water partition coefficient (Wildman–Crippen LogP) is 1.92. The number of alkyl halides is 3. The number of piperazine rings is 1. The van der Waals surface area contributed by atoms with Gasteiger partial charge in [-0.1, -0.05) is 0 Å². The Morgan fingerprint density at radius 3 is 2.22 bits per heavy atom. The summed E-state index contributed by atoms with van der Waals surface area (Å²) in [6, 6.07) is 2.82. The molecule has 6 nitrogen and oxygen atoms in total. The van der Waals surface area contributed by atoms with Gasteiger partial charge in [0.1, 0.15) is 29.5 Å². The Balaban J connectivity index is 1.70. The molecule has 1 saturated heterocycles. The molecule has 9 heteroatoms. The van der Waals surface area contributed by atoms with Crippen LogP contribution in [0.3, 0.4) is 0 Å². The van der Waals surface area contributed by atoms with E-state index >= 15 is 0 Å². The molecule has 3 heterocycles. The minimum absolute atomic E-state index is 0.297. The molecule has 0 amide bonds. The van der Waals surface area contributed by atoms with Gasteiger partial charge in [0.05, 0.1) is 0 Å². The van der Waals surface area contributed by atoms with Crippen LogP contribution in [0.15, 0.2) is 24.7 Å². The van der Waals surface area contributed by atoms with Gasteiger partial charge in [-0.05, 0) is 13.0 Å². The van der Waals surface area contributed by atoms with Crippen molar-refractivity contribution in [3.05, 3.63) is 36.2 Å². The van der Waals surface area contributed by atoms with Gasteiger partial charge < -0.3 is 9.80 Å². The lowest BCUT2D eigenvalue weighted by Gasteiger charge is -2.36. The van der Waals surface area contributed by atoms with Gasteiger partial charge in [-0.15, -0.1) is 0 Å². The van der Waals surface area contributed by atoms with Crippen LogP contribution < -0.4 is 9.80 Å². The van der Waals surface area contributed by atoms with Crippen molar-refractivity contribution in [2.24, 2.45) is 0 Å². The SMILES string of the molecule is Cc1nccc(N2CCN(c3cc(C(F)(F)F)ncn3)CC2)n1. The number of hydrogen-bond acceptors (Lipinski definition) is 6. The van der Waals surface area contributed by atoms with E-state index in [4.69, 9.17) is 0 Å². The Morgan fingerprint density at radius 2 is 1.61 bits per heavy atom. The molecule has 1 fully saturated rings. The van der Waals surface area contributed by atoms with Crippen LogP contribution in [-0.2, 0) is 6.18 Å². The highest BCUT2D eigenvalue weighted by Crippen LogP contribution is 2.29. The van der Waals surface area contributed by atoms with Crippen molar-refractivity contribution in [1.82, 2.24) is 19.9 Å². The van der Waals surface area contributed by atoms with Gasteiger partial charge in [0.25, 0.3) is 0 Å². The Bertz CT molecular complexity index is 682. The van der Waals surface area contributed by atoms with Crippen molar-refractivity contribution in [2.45, 2.75) is 13.1 Å². The van der Waals surface area contributed by atoms with Gasteiger partial charge in [-0.2, -0.15) is 13.2 Å². The van der Waals surface area contributed by atoms with Crippen LogP contribution in [-0.4, -0.2) is 46.1 Å². The fraction of sp³-hybridized carbons (Fsp3) is 0.429. The molecule has 0 bridgehead atoms. The summed E-state index contributed by atoms with van der Waals surface area (Å²) in [6.07, 6.45) is -1.81. The molecule has 3 rings (SSSR count). The monoisotopic (exact) mass is 324 g/mol. The molecule has 2 aromatic rings. The topological polar surface area (TPSA) is 58.0 Å². The molecule has 0 N–H and O–H groups in total. The van der Waals surface area contributed by atoms with Crippen LogP contribution in [0.25, 0.3) is 0 Å². The van der Waals surface area contributed by atoms with Crippen molar-refractivity contribution >= 4 is 11.6 Å². The van der Waals surface area contributed by atoms with Crippen LogP contribution >= 0.6 is 0 Å². The van der Waals surface area contributed by atoms with E-state index in [-0.39, 0.29) is 0 Å². The number of hydrogen-bond donors (Lipinski definition) is 0. The smallest absolute Gasteiger partial charge is 0.353 e. The van der Waals surface area contributed by atoms with E-state index in [1.807, 2.05) is 17.9 Å². The number of nitrogens with zero attached hydrogens (tertiary/aromatic N) is 6. The Kier molecular flexibility index (Phi) is 4.01. The zero-order chi connectivity index (χ0) is 16.4. The third-order valence-electron chi connectivity index (χ3n) is 3.63. The van der Waals surface area contributed by atoms with Crippen LogP contribution in [0.5, 0.6) is 0 Å². The molecule has 122 valence electrons. The Labute approximate surface area is 131 Å². The lowest BCUT2D eigenvalue weighted by Crippen LogP contribution is -2.47. The molecule has 0 aromatic carbocycles. The highest BCUT2D eigenvalue weighted by atomic mass is 19.4. The summed E-state index contributed by atoms with van der Waals surface area (Å²) in [5.41, 5.74) is -0.920. The lowest BCUT2D eigenvalue weighted by molar-refractivity contribution is -0.141. The summed E-state index contributed by atoms with van der Waals surface area (Å²) in [6.45, 7) is 4.26. The Morgan fingerprint density at radius 1 is 0.957 bits per heavy atom. The molecule has 0 spiro atoms. The number of anilines is 2. The normalized spacial score (nSPS) is 15.8. The molecule has 0 unspecified atom stereocenters. The van der Waals surface area contributed by atoms with Crippen LogP contribution in [0.4, 0.5) is 24.8 Å². The van der Waals surface area contributed by atoms with Gasteiger partial charge in [-0.3, -0.25) is 0 Å². The molecule has 23 heavy (non-hydrogen) atoms. The minimum Gasteiger partial charge on any atom is -0.353 e. The van der Waals surface area contributed by atoms with E-state index in [1.165, 1.54) is 0 Å². The van der Waals surface area contributed by atoms with E-state index in [1.54, 1.807) is 6.20 Å². The fourth-order valence-electron chi connectivity index (χ4n) is 2.46. The van der Waals surface area contributed by atoms with Crippen molar-refractivity contribution in [2.75, 3.05) is 36.0 Å². The summed E-state index contributed by atoms with van der Waals surface area (Å²) < 4.78 is 38.2. The van der Waals surface area contributed by atoms with E-state index in [0.717, 1.165) is 18.2 Å². The van der Waals surface area contributed by atoms with E-state index in [0.29, 0.717) is 37.8 Å². The molecule has 0 radical (unpaired) electrons. The first kappa shape index (κ1) is 15.4. The lowest BCUT2D eigenvalue weighted by atomic mass is 10.3. The fourth-order valence-corrected chi connectivity index (χ4v) is 2.46. The number of aromatic nitrogens is 4. The third-order valence-corrected chi connectivity index (χ3v) is 3.63. The maximum atomic E-state index is 12.7. The van der Waals surface area contributed by atoms with Crippen LogP contribution in [0, 0.1) is 6.92 Å². The minimum atomic E-state index is -4.46.